The summed E-state index contributed by atoms with van der Waals surface area (Å²) in [6.07, 6.45) is 0. The fourth-order valence-electron chi connectivity index (χ4n) is 2.14. The molecule has 0 radical (unpaired) electrons. The number of aryl methyl sites for hydroxylation is 2. The fourth-order valence-corrected chi connectivity index (χ4v) is 2.14. The molecule has 0 bridgehead atoms. The summed E-state index contributed by atoms with van der Waals surface area (Å²) in [5, 5.41) is 0. The summed E-state index contributed by atoms with van der Waals surface area (Å²) in [4.78, 5) is 12.5. The van der Waals surface area contributed by atoms with Crippen LogP contribution in [0.5, 0.6) is 5.75 Å². The summed E-state index contributed by atoms with van der Waals surface area (Å²) in [5.74, 6) is 0.661. The third kappa shape index (κ3) is 2.28. The Hall–Kier alpha value is -2.09. The SMILES string of the molecule is COc1c(C)cc(C)cc1C(=O)c1ccccc1. The Morgan fingerprint density at radius 2 is 1.72 bits per heavy atom. The molecule has 0 aromatic heterocycles. The van der Waals surface area contributed by atoms with Gasteiger partial charge in [0.2, 0.25) is 0 Å². The molecule has 2 nitrogen and oxygen atoms in total. The van der Waals surface area contributed by atoms with Crippen LogP contribution in [0.4, 0.5) is 0 Å². The van der Waals surface area contributed by atoms with Crippen molar-refractivity contribution in [2.45, 2.75) is 13.8 Å². The number of ketones is 1. The summed E-state index contributed by atoms with van der Waals surface area (Å²) in [6, 6.07) is 13.2. The van der Waals surface area contributed by atoms with Crippen molar-refractivity contribution in [3.05, 3.63) is 64.7 Å². The van der Waals surface area contributed by atoms with E-state index in [1.54, 1.807) is 7.11 Å². The zero-order valence-electron chi connectivity index (χ0n) is 10.9. The maximum absolute atomic E-state index is 12.5. The van der Waals surface area contributed by atoms with Gasteiger partial charge in [-0.1, -0.05) is 36.4 Å². The lowest BCUT2D eigenvalue weighted by atomic mass is 9.98. The molecule has 0 aliphatic carbocycles. The van der Waals surface area contributed by atoms with Crippen LogP contribution in [0, 0.1) is 13.8 Å². The van der Waals surface area contributed by atoms with E-state index in [4.69, 9.17) is 4.74 Å². The molecule has 2 aromatic carbocycles. The van der Waals surface area contributed by atoms with E-state index in [1.807, 2.05) is 56.3 Å². The second-order valence-electron chi connectivity index (χ2n) is 4.36. The maximum atomic E-state index is 12.5. The van der Waals surface area contributed by atoms with E-state index in [-0.39, 0.29) is 5.78 Å². The van der Waals surface area contributed by atoms with Gasteiger partial charge >= 0.3 is 0 Å². The number of ether oxygens (including phenoxy) is 1. The normalized spacial score (nSPS) is 10.2. The molecule has 0 aliphatic rings. The van der Waals surface area contributed by atoms with Crippen molar-refractivity contribution in [1.29, 1.82) is 0 Å². The Bertz CT molecular complexity index is 571. The highest BCUT2D eigenvalue weighted by Crippen LogP contribution is 2.27. The van der Waals surface area contributed by atoms with Gasteiger partial charge in [-0.3, -0.25) is 4.79 Å². The van der Waals surface area contributed by atoms with Crippen molar-refractivity contribution < 1.29 is 9.53 Å². The predicted octanol–water partition coefficient (Wildman–Crippen LogP) is 3.54. The summed E-state index contributed by atoms with van der Waals surface area (Å²) >= 11 is 0. The third-order valence-corrected chi connectivity index (χ3v) is 2.90. The monoisotopic (exact) mass is 240 g/mol. The van der Waals surface area contributed by atoms with E-state index >= 15 is 0 Å². The highest BCUT2D eigenvalue weighted by atomic mass is 16.5. The minimum atomic E-state index is -0.000694. The van der Waals surface area contributed by atoms with Crippen molar-refractivity contribution in [2.24, 2.45) is 0 Å². The quantitative estimate of drug-likeness (QED) is 0.767. The first-order valence-corrected chi connectivity index (χ1v) is 5.88. The van der Waals surface area contributed by atoms with Crippen LogP contribution in [-0.4, -0.2) is 12.9 Å². The first-order chi connectivity index (χ1) is 8.63. The highest BCUT2D eigenvalue weighted by molar-refractivity contribution is 6.11. The number of carbonyl (C=O) groups excluding carboxylic acids is 1. The standard InChI is InChI=1S/C16H16O2/c1-11-9-12(2)16(18-3)14(10-11)15(17)13-7-5-4-6-8-13/h4-10H,1-3H3. The summed E-state index contributed by atoms with van der Waals surface area (Å²) in [5.41, 5.74) is 3.35. The highest BCUT2D eigenvalue weighted by Gasteiger charge is 2.16. The molecule has 0 heterocycles. The van der Waals surface area contributed by atoms with Gasteiger partial charge in [-0.05, 0) is 31.0 Å². The molecule has 0 fully saturated rings. The van der Waals surface area contributed by atoms with Gasteiger partial charge in [0.15, 0.2) is 5.78 Å². The first kappa shape index (κ1) is 12.4. The smallest absolute Gasteiger partial charge is 0.196 e. The maximum Gasteiger partial charge on any atom is 0.196 e. The molecule has 0 aliphatic heterocycles. The molecule has 2 aromatic rings. The van der Waals surface area contributed by atoms with E-state index in [1.165, 1.54) is 0 Å². The minimum absolute atomic E-state index is 0.000694. The Kier molecular flexibility index (Phi) is 3.47. The largest absolute Gasteiger partial charge is 0.496 e. The average molecular weight is 240 g/mol. The van der Waals surface area contributed by atoms with Gasteiger partial charge in [0, 0.05) is 5.56 Å². The van der Waals surface area contributed by atoms with Gasteiger partial charge in [0.05, 0.1) is 12.7 Å². The van der Waals surface area contributed by atoms with Crippen LogP contribution in [0.3, 0.4) is 0 Å². The molecular formula is C16H16O2. The molecule has 0 N–H and O–H groups in total. The molecule has 92 valence electrons. The van der Waals surface area contributed by atoms with Crippen molar-refractivity contribution in [2.75, 3.05) is 7.11 Å². The van der Waals surface area contributed by atoms with Crippen LogP contribution in [0.15, 0.2) is 42.5 Å². The molecular weight excluding hydrogens is 224 g/mol. The second kappa shape index (κ2) is 5.05. The summed E-state index contributed by atoms with van der Waals surface area (Å²) in [7, 11) is 1.60. The van der Waals surface area contributed by atoms with Gasteiger partial charge < -0.3 is 4.74 Å². The van der Waals surface area contributed by atoms with Crippen molar-refractivity contribution >= 4 is 5.78 Å². The van der Waals surface area contributed by atoms with Gasteiger partial charge in [-0.2, -0.15) is 0 Å². The number of benzene rings is 2. The van der Waals surface area contributed by atoms with Crippen molar-refractivity contribution in [3.63, 3.8) is 0 Å². The van der Waals surface area contributed by atoms with Crippen LogP contribution >= 0.6 is 0 Å². The molecule has 2 rings (SSSR count). The van der Waals surface area contributed by atoms with E-state index in [9.17, 15) is 4.79 Å². The Morgan fingerprint density at radius 3 is 2.33 bits per heavy atom. The zero-order valence-corrected chi connectivity index (χ0v) is 10.9. The number of hydrogen-bond donors (Lipinski definition) is 0. The van der Waals surface area contributed by atoms with E-state index in [0.29, 0.717) is 16.9 Å². The van der Waals surface area contributed by atoms with Crippen LogP contribution in [0.25, 0.3) is 0 Å². The van der Waals surface area contributed by atoms with E-state index in [2.05, 4.69) is 0 Å². The molecule has 0 saturated carbocycles. The average Bonchev–Trinajstić information content (AvgIpc) is 2.38. The molecule has 0 saturated heterocycles. The number of carbonyl (C=O) groups is 1. The molecule has 18 heavy (non-hydrogen) atoms. The topological polar surface area (TPSA) is 26.3 Å². The molecule has 0 amide bonds. The third-order valence-electron chi connectivity index (χ3n) is 2.90. The predicted molar refractivity (Wildman–Crippen MR) is 72.3 cm³/mol. The Balaban J connectivity index is 2.54. The Morgan fingerprint density at radius 1 is 1.06 bits per heavy atom. The van der Waals surface area contributed by atoms with Crippen molar-refractivity contribution in [1.82, 2.24) is 0 Å². The van der Waals surface area contributed by atoms with Crippen LogP contribution in [0.2, 0.25) is 0 Å². The van der Waals surface area contributed by atoms with Gasteiger partial charge in [0.25, 0.3) is 0 Å². The van der Waals surface area contributed by atoms with Gasteiger partial charge in [-0.15, -0.1) is 0 Å². The fraction of sp³-hybridized carbons (Fsp3) is 0.188. The number of methoxy groups -OCH3 is 1. The lowest BCUT2D eigenvalue weighted by molar-refractivity contribution is 0.103. The Labute approximate surface area is 107 Å². The van der Waals surface area contributed by atoms with Gasteiger partial charge in [0.1, 0.15) is 5.75 Å². The van der Waals surface area contributed by atoms with Gasteiger partial charge in [-0.25, -0.2) is 0 Å². The molecule has 0 spiro atoms. The number of rotatable bonds is 3. The first-order valence-electron chi connectivity index (χ1n) is 5.88. The second-order valence-corrected chi connectivity index (χ2v) is 4.36. The summed E-state index contributed by atoms with van der Waals surface area (Å²) in [6.45, 7) is 3.93. The van der Waals surface area contributed by atoms with Crippen LogP contribution in [0.1, 0.15) is 27.0 Å². The van der Waals surface area contributed by atoms with Crippen LogP contribution < -0.4 is 4.74 Å². The minimum Gasteiger partial charge on any atom is -0.496 e. The number of hydrogen-bond acceptors (Lipinski definition) is 2. The van der Waals surface area contributed by atoms with Crippen molar-refractivity contribution in [3.8, 4) is 5.75 Å². The van der Waals surface area contributed by atoms with Crippen LogP contribution in [-0.2, 0) is 0 Å². The lowest BCUT2D eigenvalue weighted by Crippen LogP contribution is -2.05. The molecule has 0 unspecified atom stereocenters. The van der Waals surface area contributed by atoms with E-state index in [0.717, 1.165) is 11.1 Å². The lowest BCUT2D eigenvalue weighted by Gasteiger charge is -2.12. The molecule has 0 atom stereocenters. The molecule has 2 heteroatoms. The van der Waals surface area contributed by atoms with E-state index < -0.39 is 0 Å². The summed E-state index contributed by atoms with van der Waals surface area (Å²) < 4.78 is 5.35. The zero-order chi connectivity index (χ0) is 13.1.